The van der Waals surface area contributed by atoms with Gasteiger partial charge in [0.15, 0.2) is 18.1 Å². The first-order valence-corrected chi connectivity index (χ1v) is 9.20. The van der Waals surface area contributed by atoms with Gasteiger partial charge in [-0.25, -0.2) is 0 Å². The van der Waals surface area contributed by atoms with E-state index in [2.05, 4.69) is 5.32 Å². The van der Waals surface area contributed by atoms with Gasteiger partial charge in [0.05, 0.1) is 11.4 Å². The van der Waals surface area contributed by atoms with Crippen molar-refractivity contribution in [2.24, 2.45) is 0 Å². The van der Waals surface area contributed by atoms with E-state index in [0.717, 1.165) is 4.90 Å². The Hall–Kier alpha value is -2.38. The molecule has 0 aromatic heterocycles. The summed E-state index contributed by atoms with van der Waals surface area (Å²) in [4.78, 5) is 24.5. The van der Waals surface area contributed by atoms with E-state index in [-0.39, 0.29) is 19.8 Å². The van der Waals surface area contributed by atoms with Crippen molar-refractivity contribution in [1.82, 2.24) is 0 Å². The minimum atomic E-state index is -0.439. The third kappa shape index (κ3) is 5.06. The summed E-state index contributed by atoms with van der Waals surface area (Å²) in [7, 11) is 0. The molecule has 2 aromatic carbocycles. The standard InChI is InChI=1S/C18H16ClNO5S/c19-13-3-1-2-4-16(13)26-8-7-18(22)23-10-17(21)20-12-5-6-14-15(9-12)25-11-24-14/h1-6,9H,7-8,10-11H2,(H,20,21). The van der Waals surface area contributed by atoms with Crippen molar-refractivity contribution >= 4 is 40.9 Å². The molecular weight excluding hydrogens is 378 g/mol. The van der Waals surface area contributed by atoms with Gasteiger partial charge in [0.25, 0.3) is 5.91 Å². The average Bonchev–Trinajstić information content (AvgIpc) is 3.09. The van der Waals surface area contributed by atoms with Crippen molar-refractivity contribution in [1.29, 1.82) is 0 Å². The van der Waals surface area contributed by atoms with Crippen LogP contribution in [0, 0.1) is 0 Å². The lowest BCUT2D eigenvalue weighted by Crippen LogP contribution is -2.21. The van der Waals surface area contributed by atoms with Crippen LogP contribution in [-0.4, -0.2) is 31.0 Å². The molecule has 8 heteroatoms. The number of hydrogen-bond donors (Lipinski definition) is 1. The van der Waals surface area contributed by atoms with E-state index in [0.29, 0.717) is 28.0 Å². The van der Waals surface area contributed by atoms with E-state index in [9.17, 15) is 9.59 Å². The fraction of sp³-hybridized carbons (Fsp3) is 0.222. The molecule has 0 saturated heterocycles. The lowest BCUT2D eigenvalue weighted by molar-refractivity contribution is -0.146. The van der Waals surface area contributed by atoms with Gasteiger partial charge in [-0.1, -0.05) is 23.7 Å². The first-order valence-electron chi connectivity index (χ1n) is 7.84. The maximum atomic E-state index is 11.9. The van der Waals surface area contributed by atoms with Gasteiger partial charge in [-0.05, 0) is 24.3 Å². The molecule has 0 atom stereocenters. The number of benzene rings is 2. The maximum Gasteiger partial charge on any atom is 0.307 e. The van der Waals surface area contributed by atoms with E-state index in [4.69, 9.17) is 25.8 Å². The molecule has 6 nitrogen and oxygen atoms in total. The van der Waals surface area contributed by atoms with E-state index >= 15 is 0 Å². The van der Waals surface area contributed by atoms with Crippen LogP contribution in [0.5, 0.6) is 11.5 Å². The van der Waals surface area contributed by atoms with Crippen molar-refractivity contribution in [3.8, 4) is 11.5 Å². The zero-order chi connectivity index (χ0) is 18.4. The molecule has 136 valence electrons. The predicted octanol–water partition coefficient (Wildman–Crippen LogP) is 3.73. The van der Waals surface area contributed by atoms with Gasteiger partial charge < -0.3 is 19.5 Å². The highest BCUT2D eigenvalue weighted by atomic mass is 35.5. The summed E-state index contributed by atoms with van der Waals surface area (Å²) in [5.74, 6) is 0.856. The first-order chi connectivity index (χ1) is 12.6. The van der Waals surface area contributed by atoms with Crippen LogP contribution in [-0.2, 0) is 14.3 Å². The molecule has 1 N–H and O–H groups in total. The molecule has 0 spiro atoms. The molecule has 0 aliphatic carbocycles. The number of hydrogen-bond acceptors (Lipinski definition) is 6. The molecule has 0 radical (unpaired) electrons. The lowest BCUT2D eigenvalue weighted by atomic mass is 10.3. The Morgan fingerprint density at radius 1 is 1.15 bits per heavy atom. The van der Waals surface area contributed by atoms with Gasteiger partial charge >= 0.3 is 5.97 Å². The Morgan fingerprint density at radius 2 is 1.96 bits per heavy atom. The number of carbonyl (C=O) groups is 2. The number of anilines is 1. The Morgan fingerprint density at radius 3 is 2.81 bits per heavy atom. The molecule has 1 amide bonds. The summed E-state index contributed by atoms with van der Waals surface area (Å²) in [6.07, 6.45) is 0.188. The monoisotopic (exact) mass is 393 g/mol. The van der Waals surface area contributed by atoms with E-state index < -0.39 is 11.9 Å². The molecule has 2 aromatic rings. The summed E-state index contributed by atoms with van der Waals surface area (Å²) in [5.41, 5.74) is 0.546. The highest BCUT2D eigenvalue weighted by Crippen LogP contribution is 2.34. The minimum absolute atomic E-state index is 0.163. The van der Waals surface area contributed by atoms with Gasteiger partial charge in [0.2, 0.25) is 6.79 Å². The van der Waals surface area contributed by atoms with Crippen LogP contribution in [0.1, 0.15) is 6.42 Å². The van der Waals surface area contributed by atoms with Crippen LogP contribution in [0.4, 0.5) is 5.69 Å². The molecule has 0 unspecified atom stereocenters. The lowest BCUT2D eigenvalue weighted by Gasteiger charge is -2.07. The summed E-state index contributed by atoms with van der Waals surface area (Å²) in [5, 5.41) is 3.29. The summed E-state index contributed by atoms with van der Waals surface area (Å²) in [6.45, 7) is -0.180. The van der Waals surface area contributed by atoms with Crippen LogP contribution in [0.15, 0.2) is 47.4 Å². The largest absolute Gasteiger partial charge is 0.456 e. The predicted molar refractivity (Wildman–Crippen MR) is 98.9 cm³/mol. The average molecular weight is 394 g/mol. The van der Waals surface area contributed by atoms with Crippen molar-refractivity contribution in [3.63, 3.8) is 0 Å². The number of ether oxygens (including phenoxy) is 3. The highest BCUT2D eigenvalue weighted by Gasteiger charge is 2.15. The van der Waals surface area contributed by atoms with Gasteiger partial charge in [-0.3, -0.25) is 9.59 Å². The number of fused-ring (bicyclic) bond motifs is 1. The number of nitrogens with one attached hydrogen (secondary N) is 1. The van der Waals surface area contributed by atoms with Crippen molar-refractivity contribution < 1.29 is 23.8 Å². The normalized spacial score (nSPS) is 11.9. The van der Waals surface area contributed by atoms with Crippen LogP contribution in [0.2, 0.25) is 5.02 Å². The SMILES string of the molecule is O=C(COC(=O)CCSc1ccccc1Cl)Nc1ccc2c(c1)OCO2. The summed E-state index contributed by atoms with van der Waals surface area (Å²) >= 11 is 7.51. The molecule has 0 saturated carbocycles. The zero-order valence-electron chi connectivity index (χ0n) is 13.7. The molecule has 0 bridgehead atoms. The molecule has 1 aliphatic rings. The van der Waals surface area contributed by atoms with Crippen molar-refractivity contribution in [3.05, 3.63) is 47.5 Å². The van der Waals surface area contributed by atoms with Gasteiger partial charge in [-0.15, -0.1) is 11.8 Å². The van der Waals surface area contributed by atoms with Gasteiger partial charge in [-0.2, -0.15) is 0 Å². The van der Waals surface area contributed by atoms with Crippen LogP contribution in [0.3, 0.4) is 0 Å². The van der Waals surface area contributed by atoms with Crippen LogP contribution in [0.25, 0.3) is 0 Å². The van der Waals surface area contributed by atoms with E-state index in [1.54, 1.807) is 24.3 Å². The molecular formula is C18H16ClNO5S. The molecule has 26 heavy (non-hydrogen) atoms. The minimum Gasteiger partial charge on any atom is -0.456 e. The molecule has 1 aliphatic heterocycles. The topological polar surface area (TPSA) is 73.9 Å². The number of carbonyl (C=O) groups excluding carboxylic acids is 2. The second-order valence-corrected chi connectivity index (χ2v) is 6.85. The smallest absolute Gasteiger partial charge is 0.307 e. The Labute approximate surface area is 159 Å². The summed E-state index contributed by atoms with van der Waals surface area (Å²) in [6, 6.07) is 12.5. The third-order valence-corrected chi connectivity index (χ3v) is 4.94. The van der Waals surface area contributed by atoms with Crippen LogP contribution >= 0.6 is 23.4 Å². The van der Waals surface area contributed by atoms with Crippen molar-refractivity contribution in [2.45, 2.75) is 11.3 Å². The van der Waals surface area contributed by atoms with Crippen molar-refractivity contribution in [2.75, 3.05) is 24.5 Å². The molecule has 0 fully saturated rings. The second-order valence-electron chi connectivity index (χ2n) is 5.31. The fourth-order valence-electron chi connectivity index (χ4n) is 2.20. The second kappa shape index (κ2) is 8.82. The Balaban J connectivity index is 1.37. The Kier molecular flexibility index (Phi) is 6.25. The third-order valence-electron chi connectivity index (χ3n) is 3.42. The molecule has 3 rings (SSSR count). The number of thioether (sulfide) groups is 1. The van der Waals surface area contributed by atoms with E-state index in [1.165, 1.54) is 11.8 Å². The number of amides is 1. The number of rotatable bonds is 7. The maximum absolute atomic E-state index is 11.9. The van der Waals surface area contributed by atoms with E-state index in [1.807, 2.05) is 18.2 Å². The van der Waals surface area contributed by atoms with Crippen LogP contribution < -0.4 is 14.8 Å². The zero-order valence-corrected chi connectivity index (χ0v) is 15.3. The fourth-order valence-corrected chi connectivity index (χ4v) is 3.36. The summed E-state index contributed by atoms with van der Waals surface area (Å²) < 4.78 is 15.4. The van der Waals surface area contributed by atoms with Gasteiger partial charge in [0.1, 0.15) is 0 Å². The molecule has 1 heterocycles. The quantitative estimate of drug-likeness (QED) is 0.570. The Bertz CT molecular complexity index is 814. The van der Waals surface area contributed by atoms with Gasteiger partial charge in [0, 0.05) is 22.4 Å². The first kappa shape index (κ1) is 18.4. The number of esters is 1. The number of halogens is 1. The highest BCUT2D eigenvalue weighted by molar-refractivity contribution is 7.99.